The molecule has 1 aliphatic heterocycles. The molecule has 0 amide bonds. The van der Waals surface area contributed by atoms with E-state index in [-0.39, 0.29) is 12.1 Å². The molecule has 0 saturated heterocycles. The molecule has 2 heterocycles. The second-order valence-corrected chi connectivity index (χ2v) is 8.64. The van der Waals surface area contributed by atoms with Crippen LogP contribution in [0.15, 0.2) is 59.1 Å². The number of rotatable bonds is 5. The van der Waals surface area contributed by atoms with Crippen molar-refractivity contribution in [2.45, 2.75) is 42.5 Å². The summed E-state index contributed by atoms with van der Waals surface area (Å²) in [7, 11) is 1.73. The summed E-state index contributed by atoms with van der Waals surface area (Å²) in [5.41, 5.74) is 4.91. The van der Waals surface area contributed by atoms with Crippen LogP contribution < -0.4 is 4.90 Å². The van der Waals surface area contributed by atoms with Gasteiger partial charge in [-0.1, -0.05) is 24.3 Å². The summed E-state index contributed by atoms with van der Waals surface area (Å²) >= 11 is -1.43. The standard InChI is InChI=1S/C22H25N3O2S/c1-5-11-25-15(3)13-19(27-4)16-7-6-8-20(21(16)25)28(26)22-23-17-10-9-14(2)12-18(17)24-22/h5-10,12,15,19H,1,11,13H2,2-4H3,(H,23,24). The zero-order valence-corrected chi connectivity index (χ0v) is 17.3. The van der Waals surface area contributed by atoms with E-state index in [1.807, 2.05) is 43.3 Å². The number of imidazole rings is 1. The molecule has 0 aliphatic carbocycles. The molecule has 6 heteroatoms. The minimum atomic E-state index is -1.43. The van der Waals surface area contributed by atoms with E-state index in [4.69, 9.17) is 4.74 Å². The zero-order valence-electron chi connectivity index (χ0n) is 16.4. The molecule has 5 nitrogen and oxygen atoms in total. The number of H-pyrrole nitrogens is 1. The maximum absolute atomic E-state index is 13.5. The lowest BCUT2D eigenvalue weighted by Gasteiger charge is -2.40. The molecule has 0 spiro atoms. The maximum atomic E-state index is 13.5. The van der Waals surface area contributed by atoms with E-state index in [1.54, 1.807) is 7.11 Å². The number of aromatic nitrogens is 2. The molecule has 3 unspecified atom stereocenters. The van der Waals surface area contributed by atoms with Gasteiger partial charge in [-0.3, -0.25) is 4.98 Å². The SMILES string of the molecule is C=CCN1c2c(cccc2[S+]([O-])c2nc3ccc(C)cc3[nH]2)C(OC)CC1C. The molecular weight excluding hydrogens is 370 g/mol. The lowest BCUT2D eigenvalue weighted by atomic mass is 9.93. The molecule has 0 radical (unpaired) electrons. The van der Waals surface area contributed by atoms with Crippen molar-refractivity contribution in [2.75, 3.05) is 18.6 Å². The summed E-state index contributed by atoms with van der Waals surface area (Å²) in [4.78, 5) is 10.8. The average molecular weight is 396 g/mol. The number of aryl methyl sites for hydroxylation is 1. The highest BCUT2D eigenvalue weighted by molar-refractivity contribution is 7.91. The summed E-state index contributed by atoms with van der Waals surface area (Å²) in [5.74, 6) is 0. The summed E-state index contributed by atoms with van der Waals surface area (Å²) in [6.45, 7) is 8.80. The van der Waals surface area contributed by atoms with Gasteiger partial charge in [-0.25, -0.2) is 0 Å². The fourth-order valence-corrected chi connectivity index (χ4v) is 5.17. The van der Waals surface area contributed by atoms with Crippen molar-refractivity contribution in [3.05, 3.63) is 60.2 Å². The molecular formula is C22H25N3O2S. The first kappa shape index (κ1) is 19.1. The average Bonchev–Trinajstić information content (AvgIpc) is 3.12. The van der Waals surface area contributed by atoms with Gasteiger partial charge in [0, 0.05) is 25.3 Å². The van der Waals surface area contributed by atoms with Crippen LogP contribution in [0.5, 0.6) is 0 Å². The zero-order chi connectivity index (χ0) is 19.8. The van der Waals surface area contributed by atoms with Gasteiger partial charge in [0.1, 0.15) is 0 Å². The van der Waals surface area contributed by atoms with Crippen LogP contribution in [0.2, 0.25) is 0 Å². The second kappa shape index (κ2) is 7.62. The minimum absolute atomic E-state index is 0.0126. The normalized spacial score (nSPS) is 20.2. The predicted molar refractivity (Wildman–Crippen MR) is 113 cm³/mol. The fourth-order valence-electron chi connectivity index (χ4n) is 3.97. The summed E-state index contributed by atoms with van der Waals surface area (Å²) in [6, 6.07) is 12.2. The monoisotopic (exact) mass is 395 g/mol. The third-order valence-electron chi connectivity index (χ3n) is 5.35. The Kier molecular flexibility index (Phi) is 5.19. The van der Waals surface area contributed by atoms with Gasteiger partial charge in [0.05, 0.1) is 34.0 Å². The number of ether oxygens (including phenoxy) is 1. The molecule has 2 aromatic carbocycles. The van der Waals surface area contributed by atoms with Crippen molar-refractivity contribution in [1.82, 2.24) is 9.97 Å². The molecule has 1 aliphatic rings. The van der Waals surface area contributed by atoms with Gasteiger partial charge < -0.3 is 14.2 Å². The second-order valence-electron chi connectivity index (χ2n) is 7.28. The Morgan fingerprint density at radius 2 is 2.21 bits per heavy atom. The number of fused-ring (bicyclic) bond motifs is 2. The molecule has 0 saturated carbocycles. The van der Waals surface area contributed by atoms with Crippen molar-refractivity contribution in [2.24, 2.45) is 0 Å². The molecule has 1 aromatic heterocycles. The van der Waals surface area contributed by atoms with Gasteiger partial charge in [-0.2, -0.15) is 4.98 Å². The number of nitrogens with one attached hydrogen (secondary N) is 1. The van der Waals surface area contributed by atoms with Crippen molar-refractivity contribution >= 4 is 27.9 Å². The first-order valence-corrected chi connectivity index (χ1v) is 10.6. The Hall–Kier alpha value is -2.28. The van der Waals surface area contributed by atoms with Crippen LogP contribution in [0.25, 0.3) is 11.0 Å². The smallest absolute Gasteiger partial charge is 0.327 e. The van der Waals surface area contributed by atoms with Crippen molar-refractivity contribution in [3.8, 4) is 0 Å². The Bertz CT molecular complexity index is 1020. The highest BCUT2D eigenvalue weighted by Crippen LogP contribution is 2.43. The quantitative estimate of drug-likeness (QED) is 0.510. The Balaban J connectivity index is 1.83. The number of hydrogen-bond donors (Lipinski definition) is 1. The van der Waals surface area contributed by atoms with Gasteiger partial charge in [0.15, 0.2) is 4.90 Å². The molecule has 0 bridgehead atoms. The van der Waals surface area contributed by atoms with Gasteiger partial charge >= 0.3 is 5.16 Å². The van der Waals surface area contributed by atoms with Crippen LogP contribution in [0.4, 0.5) is 5.69 Å². The van der Waals surface area contributed by atoms with E-state index in [2.05, 4.69) is 34.4 Å². The minimum Gasteiger partial charge on any atom is -0.604 e. The number of para-hydroxylation sites is 1. The fraction of sp³-hybridized carbons (Fsp3) is 0.318. The van der Waals surface area contributed by atoms with Crippen LogP contribution in [-0.4, -0.2) is 34.2 Å². The summed E-state index contributed by atoms with van der Waals surface area (Å²) < 4.78 is 19.3. The summed E-state index contributed by atoms with van der Waals surface area (Å²) in [6.07, 6.45) is 2.76. The molecule has 1 N–H and O–H groups in total. The largest absolute Gasteiger partial charge is 0.604 e. The topological polar surface area (TPSA) is 64.2 Å². The van der Waals surface area contributed by atoms with E-state index in [0.717, 1.165) is 39.2 Å². The van der Waals surface area contributed by atoms with Crippen molar-refractivity contribution < 1.29 is 9.29 Å². The molecule has 3 aromatic rings. The summed E-state index contributed by atoms with van der Waals surface area (Å²) in [5, 5.41) is 0.472. The van der Waals surface area contributed by atoms with E-state index in [9.17, 15) is 4.55 Å². The Morgan fingerprint density at radius 3 is 2.96 bits per heavy atom. The van der Waals surface area contributed by atoms with Crippen LogP contribution in [-0.2, 0) is 15.9 Å². The lowest BCUT2D eigenvalue weighted by Crippen LogP contribution is -2.40. The third-order valence-corrected chi connectivity index (χ3v) is 6.63. The van der Waals surface area contributed by atoms with Gasteiger partial charge in [0.25, 0.3) is 0 Å². The molecule has 3 atom stereocenters. The first-order valence-electron chi connectivity index (χ1n) is 9.45. The van der Waals surface area contributed by atoms with Gasteiger partial charge in [0.2, 0.25) is 0 Å². The van der Waals surface area contributed by atoms with Crippen LogP contribution in [0, 0.1) is 6.92 Å². The number of hydrogen-bond acceptors (Lipinski definition) is 4. The highest BCUT2D eigenvalue weighted by Gasteiger charge is 2.36. The van der Waals surface area contributed by atoms with E-state index < -0.39 is 11.2 Å². The van der Waals surface area contributed by atoms with Crippen LogP contribution in [0.3, 0.4) is 0 Å². The number of benzene rings is 2. The predicted octanol–water partition coefficient (Wildman–Crippen LogP) is 4.51. The number of anilines is 1. The van der Waals surface area contributed by atoms with Crippen LogP contribution >= 0.6 is 0 Å². The number of methoxy groups -OCH3 is 1. The maximum Gasteiger partial charge on any atom is 0.327 e. The van der Waals surface area contributed by atoms with Gasteiger partial charge in [-0.05, 0) is 44.0 Å². The van der Waals surface area contributed by atoms with E-state index in [1.165, 1.54) is 0 Å². The Labute approximate surface area is 168 Å². The molecule has 4 rings (SSSR count). The Morgan fingerprint density at radius 1 is 1.39 bits per heavy atom. The van der Waals surface area contributed by atoms with Crippen molar-refractivity contribution in [1.29, 1.82) is 0 Å². The number of aromatic amines is 1. The first-order chi connectivity index (χ1) is 13.5. The molecule has 0 fully saturated rings. The third kappa shape index (κ3) is 3.21. The number of nitrogens with zero attached hydrogens (tertiary/aromatic N) is 2. The van der Waals surface area contributed by atoms with Crippen LogP contribution in [0.1, 0.15) is 30.6 Å². The molecule has 28 heavy (non-hydrogen) atoms. The van der Waals surface area contributed by atoms with E-state index >= 15 is 0 Å². The lowest BCUT2D eigenvalue weighted by molar-refractivity contribution is 0.0852. The highest BCUT2D eigenvalue weighted by atomic mass is 32.2. The van der Waals surface area contributed by atoms with Crippen molar-refractivity contribution in [3.63, 3.8) is 0 Å². The van der Waals surface area contributed by atoms with Gasteiger partial charge in [-0.15, -0.1) is 6.58 Å². The van der Waals surface area contributed by atoms with E-state index in [0.29, 0.717) is 11.7 Å². The molecule has 146 valence electrons.